The van der Waals surface area contributed by atoms with E-state index in [0.29, 0.717) is 6.04 Å². The third-order valence-electron chi connectivity index (χ3n) is 4.29. The summed E-state index contributed by atoms with van der Waals surface area (Å²) in [6, 6.07) is 0.604. The lowest BCUT2D eigenvalue weighted by atomic mass is 9.84. The molecule has 1 aliphatic carbocycles. The Morgan fingerprint density at radius 2 is 1.82 bits per heavy atom. The molecule has 0 bridgehead atoms. The lowest BCUT2D eigenvalue weighted by molar-refractivity contribution is -0.0350. The third-order valence-corrected chi connectivity index (χ3v) is 4.29. The number of unbranched alkanes of at least 4 members (excludes halogenated alkanes) is 1. The molecular weight excluding hydrogens is 210 g/mol. The van der Waals surface area contributed by atoms with Crippen LogP contribution in [0.25, 0.3) is 0 Å². The van der Waals surface area contributed by atoms with Gasteiger partial charge < -0.3 is 5.11 Å². The van der Waals surface area contributed by atoms with E-state index in [9.17, 15) is 5.11 Å². The molecule has 0 saturated heterocycles. The average molecular weight is 241 g/mol. The SMILES string of the molecule is CCCCN(CC1(O)CCCCC1)C(C)CC. The minimum atomic E-state index is -0.393. The summed E-state index contributed by atoms with van der Waals surface area (Å²) < 4.78 is 0. The van der Waals surface area contributed by atoms with Crippen molar-refractivity contribution in [3.8, 4) is 0 Å². The fraction of sp³-hybridized carbons (Fsp3) is 1.00. The molecule has 1 atom stereocenters. The molecule has 0 amide bonds. The van der Waals surface area contributed by atoms with E-state index in [2.05, 4.69) is 25.7 Å². The fourth-order valence-electron chi connectivity index (χ4n) is 2.82. The lowest BCUT2D eigenvalue weighted by Crippen LogP contribution is -2.47. The summed E-state index contributed by atoms with van der Waals surface area (Å²) in [6.07, 6.45) is 9.40. The monoisotopic (exact) mass is 241 g/mol. The molecule has 1 saturated carbocycles. The molecule has 2 heteroatoms. The van der Waals surface area contributed by atoms with Crippen LogP contribution in [0, 0.1) is 0 Å². The fourth-order valence-corrected chi connectivity index (χ4v) is 2.82. The third kappa shape index (κ3) is 4.97. The van der Waals surface area contributed by atoms with Crippen LogP contribution < -0.4 is 0 Å². The smallest absolute Gasteiger partial charge is 0.0774 e. The second kappa shape index (κ2) is 7.38. The van der Waals surface area contributed by atoms with Crippen LogP contribution in [-0.2, 0) is 0 Å². The quantitative estimate of drug-likeness (QED) is 0.736. The van der Waals surface area contributed by atoms with Gasteiger partial charge >= 0.3 is 0 Å². The highest BCUT2D eigenvalue weighted by atomic mass is 16.3. The standard InChI is InChI=1S/C15H31NO/c1-4-6-12-16(14(3)5-2)13-15(17)10-8-7-9-11-15/h14,17H,4-13H2,1-3H3. The minimum absolute atomic E-state index is 0.393. The predicted octanol–water partition coefficient (Wildman–Crippen LogP) is 3.58. The highest BCUT2D eigenvalue weighted by molar-refractivity contribution is 4.86. The van der Waals surface area contributed by atoms with Crippen molar-refractivity contribution in [3.63, 3.8) is 0 Å². The molecule has 0 aromatic rings. The summed E-state index contributed by atoms with van der Waals surface area (Å²) in [7, 11) is 0. The Balaban J connectivity index is 2.50. The van der Waals surface area contributed by atoms with Crippen molar-refractivity contribution >= 4 is 0 Å². The number of rotatable bonds is 7. The van der Waals surface area contributed by atoms with Gasteiger partial charge in [-0.25, -0.2) is 0 Å². The van der Waals surface area contributed by atoms with Crippen LogP contribution in [0.15, 0.2) is 0 Å². The van der Waals surface area contributed by atoms with Gasteiger partial charge in [0.2, 0.25) is 0 Å². The zero-order valence-corrected chi connectivity index (χ0v) is 12.0. The highest BCUT2D eigenvalue weighted by Gasteiger charge is 2.32. The Labute approximate surface area is 107 Å². The largest absolute Gasteiger partial charge is 0.389 e. The van der Waals surface area contributed by atoms with E-state index >= 15 is 0 Å². The van der Waals surface area contributed by atoms with Crippen LogP contribution in [0.4, 0.5) is 0 Å². The Morgan fingerprint density at radius 1 is 1.18 bits per heavy atom. The summed E-state index contributed by atoms with van der Waals surface area (Å²) in [5.41, 5.74) is -0.393. The summed E-state index contributed by atoms with van der Waals surface area (Å²) in [4.78, 5) is 2.51. The molecule has 1 fully saturated rings. The van der Waals surface area contributed by atoms with Gasteiger partial charge in [-0.1, -0.05) is 39.5 Å². The number of aliphatic hydroxyl groups is 1. The zero-order valence-electron chi connectivity index (χ0n) is 12.0. The first-order valence-electron chi connectivity index (χ1n) is 7.57. The van der Waals surface area contributed by atoms with Gasteiger partial charge in [-0.2, -0.15) is 0 Å². The van der Waals surface area contributed by atoms with Crippen LogP contribution in [0.1, 0.15) is 72.1 Å². The topological polar surface area (TPSA) is 23.5 Å². The number of nitrogens with zero attached hydrogens (tertiary/aromatic N) is 1. The van der Waals surface area contributed by atoms with Gasteiger partial charge in [-0.15, -0.1) is 0 Å². The molecule has 17 heavy (non-hydrogen) atoms. The first kappa shape index (κ1) is 15.0. The highest BCUT2D eigenvalue weighted by Crippen LogP contribution is 2.29. The van der Waals surface area contributed by atoms with Crippen molar-refractivity contribution in [1.82, 2.24) is 4.90 Å². The molecule has 1 unspecified atom stereocenters. The summed E-state index contributed by atoms with van der Waals surface area (Å²) in [6.45, 7) is 8.82. The van der Waals surface area contributed by atoms with E-state index < -0.39 is 5.60 Å². The van der Waals surface area contributed by atoms with Gasteiger partial charge in [0.1, 0.15) is 0 Å². The van der Waals surface area contributed by atoms with Crippen LogP contribution >= 0.6 is 0 Å². The van der Waals surface area contributed by atoms with E-state index in [-0.39, 0.29) is 0 Å². The maximum absolute atomic E-state index is 10.6. The van der Waals surface area contributed by atoms with Gasteiger partial charge in [0.25, 0.3) is 0 Å². The van der Waals surface area contributed by atoms with E-state index in [1.807, 2.05) is 0 Å². The molecule has 0 aromatic carbocycles. The van der Waals surface area contributed by atoms with Gasteiger partial charge in [-0.3, -0.25) is 4.90 Å². The second-order valence-corrected chi connectivity index (χ2v) is 5.87. The maximum atomic E-state index is 10.6. The molecule has 0 spiro atoms. The second-order valence-electron chi connectivity index (χ2n) is 5.87. The Morgan fingerprint density at radius 3 is 2.35 bits per heavy atom. The zero-order chi connectivity index (χ0) is 12.7. The Bertz CT molecular complexity index is 199. The normalized spacial score (nSPS) is 21.7. The van der Waals surface area contributed by atoms with Crippen molar-refractivity contribution in [3.05, 3.63) is 0 Å². The number of hydrogen-bond donors (Lipinski definition) is 1. The average Bonchev–Trinajstić information content (AvgIpc) is 2.34. The molecule has 0 heterocycles. The molecule has 0 aliphatic heterocycles. The van der Waals surface area contributed by atoms with E-state index in [1.54, 1.807) is 0 Å². The molecule has 1 aliphatic rings. The molecule has 1 rings (SSSR count). The summed E-state index contributed by atoms with van der Waals surface area (Å²) >= 11 is 0. The van der Waals surface area contributed by atoms with Crippen molar-refractivity contribution in [1.29, 1.82) is 0 Å². The summed E-state index contributed by atoms with van der Waals surface area (Å²) in [5.74, 6) is 0. The van der Waals surface area contributed by atoms with Crippen molar-refractivity contribution < 1.29 is 5.11 Å². The number of hydrogen-bond acceptors (Lipinski definition) is 2. The molecule has 1 N–H and O–H groups in total. The van der Waals surface area contributed by atoms with Crippen molar-refractivity contribution in [2.45, 2.75) is 83.8 Å². The van der Waals surface area contributed by atoms with Crippen LogP contribution in [-0.4, -0.2) is 34.7 Å². The first-order valence-corrected chi connectivity index (χ1v) is 7.57. The molecule has 0 aromatic heterocycles. The predicted molar refractivity (Wildman–Crippen MR) is 74.3 cm³/mol. The van der Waals surface area contributed by atoms with Gasteiger partial charge in [0.15, 0.2) is 0 Å². The molecular formula is C15H31NO. The van der Waals surface area contributed by atoms with E-state index in [1.165, 1.54) is 38.5 Å². The Kier molecular flexibility index (Phi) is 6.50. The molecule has 2 nitrogen and oxygen atoms in total. The molecule has 0 radical (unpaired) electrons. The van der Waals surface area contributed by atoms with Gasteiger partial charge in [-0.05, 0) is 39.2 Å². The van der Waals surface area contributed by atoms with Crippen molar-refractivity contribution in [2.24, 2.45) is 0 Å². The lowest BCUT2D eigenvalue weighted by Gasteiger charge is -2.39. The first-order chi connectivity index (χ1) is 8.11. The molecule has 102 valence electrons. The van der Waals surface area contributed by atoms with E-state index in [0.717, 1.165) is 25.9 Å². The van der Waals surface area contributed by atoms with Crippen LogP contribution in [0.5, 0.6) is 0 Å². The van der Waals surface area contributed by atoms with E-state index in [4.69, 9.17) is 0 Å². The van der Waals surface area contributed by atoms with Crippen molar-refractivity contribution in [2.75, 3.05) is 13.1 Å². The van der Waals surface area contributed by atoms with Crippen LogP contribution in [0.3, 0.4) is 0 Å². The van der Waals surface area contributed by atoms with Gasteiger partial charge in [0, 0.05) is 12.6 Å². The minimum Gasteiger partial charge on any atom is -0.389 e. The Hall–Kier alpha value is -0.0800. The van der Waals surface area contributed by atoms with Crippen LogP contribution in [0.2, 0.25) is 0 Å². The summed E-state index contributed by atoms with van der Waals surface area (Å²) in [5, 5.41) is 10.6. The van der Waals surface area contributed by atoms with Gasteiger partial charge in [0.05, 0.1) is 5.60 Å². The maximum Gasteiger partial charge on any atom is 0.0774 e.